The number of carbonyl (C=O) groups is 5. The lowest BCUT2D eigenvalue weighted by Crippen LogP contribution is -2.59. The summed E-state index contributed by atoms with van der Waals surface area (Å²) in [5.41, 5.74) is -1.21. The predicted molar refractivity (Wildman–Crippen MR) is 214 cm³/mol. The van der Waals surface area contributed by atoms with Gasteiger partial charge in [-0.2, -0.15) is 0 Å². The van der Waals surface area contributed by atoms with Gasteiger partial charge in [-0.15, -0.1) is 0 Å². The molecule has 0 aromatic carbocycles. The van der Waals surface area contributed by atoms with Crippen molar-refractivity contribution in [2.75, 3.05) is 125 Å². The minimum absolute atomic E-state index is 0.0125. The molecule has 334 valence electrons. The van der Waals surface area contributed by atoms with Crippen LogP contribution in [0.25, 0.3) is 0 Å². The lowest BCUT2D eigenvalue weighted by atomic mass is 10.0. The van der Waals surface area contributed by atoms with Crippen molar-refractivity contribution in [2.24, 2.45) is 0 Å². The van der Waals surface area contributed by atoms with E-state index in [9.17, 15) is 24.0 Å². The fraction of sp³-hybridized carbons (Fsp3) is 0.872. The Morgan fingerprint density at radius 3 is 1.35 bits per heavy atom. The monoisotopic (exact) mass is 822 g/mol. The SMILES string of the molecule is CCCCCC(=O)NCCCNC(=O)CCOCC(COCCC(C)=O)(COCCC(=O)NCCCNCO)NC(=O)CCOCCOCCOCCOCCC. The van der Waals surface area contributed by atoms with E-state index in [1.54, 1.807) is 0 Å². The molecule has 0 aliphatic rings. The zero-order valence-electron chi connectivity index (χ0n) is 35.1. The first-order valence-electron chi connectivity index (χ1n) is 20.6. The number of hydrogen-bond donors (Lipinski definition) is 6. The highest BCUT2D eigenvalue weighted by molar-refractivity contribution is 5.77. The van der Waals surface area contributed by atoms with E-state index in [2.05, 4.69) is 33.5 Å². The first kappa shape index (κ1) is 54.2. The summed E-state index contributed by atoms with van der Waals surface area (Å²) in [7, 11) is 0. The topological polar surface area (TPSA) is 230 Å². The molecule has 0 aliphatic heterocycles. The number of nitrogens with one attached hydrogen (secondary N) is 5. The molecule has 0 radical (unpaired) electrons. The smallest absolute Gasteiger partial charge is 0.222 e. The van der Waals surface area contributed by atoms with Crippen molar-refractivity contribution in [1.82, 2.24) is 26.6 Å². The van der Waals surface area contributed by atoms with Gasteiger partial charge < -0.3 is 59.5 Å². The molecule has 18 heteroatoms. The second-order valence-electron chi connectivity index (χ2n) is 13.5. The fourth-order valence-electron chi connectivity index (χ4n) is 4.88. The Morgan fingerprint density at radius 2 is 0.877 bits per heavy atom. The molecule has 0 fully saturated rings. The number of rotatable bonds is 43. The average Bonchev–Trinajstić information content (AvgIpc) is 3.18. The molecule has 0 spiro atoms. The van der Waals surface area contributed by atoms with Crippen LogP contribution in [0.4, 0.5) is 0 Å². The van der Waals surface area contributed by atoms with E-state index >= 15 is 0 Å². The van der Waals surface area contributed by atoms with Gasteiger partial charge in [0.1, 0.15) is 11.3 Å². The summed E-state index contributed by atoms with van der Waals surface area (Å²) in [4.78, 5) is 61.5. The molecule has 0 rings (SSSR count). The minimum Gasteiger partial charge on any atom is -0.381 e. The summed E-state index contributed by atoms with van der Waals surface area (Å²) in [6.07, 6.45) is 5.96. The fourth-order valence-corrected chi connectivity index (χ4v) is 4.88. The molecule has 0 bridgehead atoms. The van der Waals surface area contributed by atoms with Crippen molar-refractivity contribution in [3.8, 4) is 0 Å². The third-order valence-electron chi connectivity index (χ3n) is 7.99. The normalized spacial score (nSPS) is 12.2. The molecule has 57 heavy (non-hydrogen) atoms. The molecule has 0 saturated heterocycles. The second-order valence-corrected chi connectivity index (χ2v) is 13.5. The highest BCUT2D eigenvalue weighted by atomic mass is 16.6. The molecule has 1 atom stereocenters. The molecule has 0 heterocycles. The highest BCUT2D eigenvalue weighted by Gasteiger charge is 2.34. The second kappa shape index (κ2) is 40.0. The van der Waals surface area contributed by atoms with Crippen LogP contribution < -0.4 is 26.6 Å². The molecular formula is C39H75N5O13. The van der Waals surface area contributed by atoms with Crippen molar-refractivity contribution in [2.45, 2.75) is 96.9 Å². The molecule has 6 N–H and O–H groups in total. The quantitative estimate of drug-likeness (QED) is 0.0369. The summed E-state index contributed by atoms with van der Waals surface area (Å²) in [6.45, 7) is 10.7. The predicted octanol–water partition coefficient (Wildman–Crippen LogP) is 0.766. The van der Waals surface area contributed by atoms with Crippen LogP contribution in [0.3, 0.4) is 0 Å². The third-order valence-corrected chi connectivity index (χ3v) is 7.99. The van der Waals surface area contributed by atoms with E-state index in [4.69, 9.17) is 38.3 Å². The van der Waals surface area contributed by atoms with Crippen LogP contribution in [0, 0.1) is 0 Å². The van der Waals surface area contributed by atoms with Gasteiger partial charge in [0.2, 0.25) is 23.6 Å². The van der Waals surface area contributed by atoms with E-state index in [1.165, 1.54) is 6.92 Å². The maximum absolute atomic E-state index is 13.2. The van der Waals surface area contributed by atoms with Gasteiger partial charge >= 0.3 is 0 Å². The first-order chi connectivity index (χ1) is 27.7. The third kappa shape index (κ3) is 37.2. The molecular weight excluding hydrogens is 746 g/mol. The molecule has 0 aliphatic carbocycles. The Labute approximate surface area is 340 Å². The summed E-state index contributed by atoms with van der Waals surface area (Å²) < 4.78 is 39.5. The minimum atomic E-state index is -1.21. The van der Waals surface area contributed by atoms with E-state index in [-0.39, 0.29) is 115 Å². The van der Waals surface area contributed by atoms with Crippen molar-refractivity contribution in [1.29, 1.82) is 0 Å². The Hall–Kier alpha value is -2.81. The summed E-state index contributed by atoms with van der Waals surface area (Å²) >= 11 is 0. The maximum atomic E-state index is 13.2. The van der Waals surface area contributed by atoms with Gasteiger partial charge in [-0.05, 0) is 39.2 Å². The van der Waals surface area contributed by atoms with Gasteiger partial charge in [0, 0.05) is 58.3 Å². The number of ether oxygens (including phenoxy) is 7. The van der Waals surface area contributed by atoms with Crippen LogP contribution in [0.1, 0.15) is 91.4 Å². The summed E-state index contributed by atoms with van der Waals surface area (Å²) in [5.74, 6) is -0.841. The zero-order chi connectivity index (χ0) is 42.1. The van der Waals surface area contributed by atoms with Gasteiger partial charge in [-0.25, -0.2) is 0 Å². The van der Waals surface area contributed by atoms with Crippen LogP contribution in [0.5, 0.6) is 0 Å². The van der Waals surface area contributed by atoms with Crippen molar-refractivity contribution in [3.63, 3.8) is 0 Å². The van der Waals surface area contributed by atoms with E-state index < -0.39 is 5.54 Å². The number of hydrogen-bond acceptors (Lipinski definition) is 14. The van der Waals surface area contributed by atoms with Gasteiger partial charge in [-0.3, -0.25) is 29.3 Å². The van der Waals surface area contributed by atoms with Crippen LogP contribution in [0.15, 0.2) is 0 Å². The van der Waals surface area contributed by atoms with Crippen LogP contribution in [-0.2, 0) is 57.1 Å². The molecule has 18 nitrogen and oxygen atoms in total. The van der Waals surface area contributed by atoms with Crippen molar-refractivity contribution in [3.05, 3.63) is 0 Å². The zero-order valence-corrected chi connectivity index (χ0v) is 35.1. The van der Waals surface area contributed by atoms with E-state index in [0.29, 0.717) is 85.1 Å². The van der Waals surface area contributed by atoms with Gasteiger partial charge in [0.25, 0.3) is 0 Å². The lowest BCUT2D eigenvalue weighted by molar-refractivity contribution is -0.131. The summed E-state index contributed by atoms with van der Waals surface area (Å²) in [6, 6.07) is 0. The molecule has 0 aromatic heterocycles. The average molecular weight is 822 g/mol. The van der Waals surface area contributed by atoms with Crippen molar-refractivity contribution >= 4 is 29.4 Å². The van der Waals surface area contributed by atoms with Crippen LogP contribution >= 0.6 is 0 Å². The number of unbranched alkanes of at least 4 members (excludes halogenated alkanes) is 2. The van der Waals surface area contributed by atoms with E-state index in [0.717, 1.165) is 25.7 Å². The number of aliphatic hydroxyl groups is 1. The van der Waals surface area contributed by atoms with Gasteiger partial charge in [-0.1, -0.05) is 26.7 Å². The Balaban J connectivity index is 5.07. The molecule has 1 unspecified atom stereocenters. The molecule has 0 aromatic rings. The summed E-state index contributed by atoms with van der Waals surface area (Å²) in [5, 5.41) is 23.0. The maximum Gasteiger partial charge on any atom is 0.222 e. The number of ketones is 1. The van der Waals surface area contributed by atoms with Crippen LogP contribution in [0.2, 0.25) is 0 Å². The highest BCUT2D eigenvalue weighted by Crippen LogP contribution is 2.11. The number of aliphatic hydroxyl groups excluding tert-OH is 1. The first-order valence-corrected chi connectivity index (χ1v) is 20.6. The van der Waals surface area contributed by atoms with Crippen LogP contribution in [-0.4, -0.2) is 165 Å². The standard InChI is InChI=1S/C39H75N5O13/c1-4-6-7-10-35(47)41-17-9-18-43-37(49)13-23-57-32-39(30-55-20-11-34(3)46,31-56-22-12-36(48)42-16-8-15-40-33-45)44-38(50)14-21-52-25-27-54-29-28-53-26-24-51-19-5-2/h40,45H,4-33H2,1-3H3,(H,41,47)(H,42,48)(H,43,49)(H,44,50). The van der Waals surface area contributed by atoms with Crippen molar-refractivity contribution < 1.29 is 62.2 Å². The molecule has 4 amide bonds. The number of amides is 4. The Morgan fingerprint density at radius 1 is 0.456 bits per heavy atom. The Bertz CT molecular complexity index is 1030. The Kier molecular flexibility index (Phi) is 38.0. The van der Waals surface area contributed by atoms with E-state index in [1.807, 2.05) is 6.92 Å². The van der Waals surface area contributed by atoms with Gasteiger partial charge in [0.15, 0.2) is 0 Å². The molecule has 0 saturated carbocycles. The van der Waals surface area contributed by atoms with Gasteiger partial charge in [0.05, 0.1) is 92.6 Å². The largest absolute Gasteiger partial charge is 0.381 e. The number of carbonyl (C=O) groups excluding carboxylic acids is 5. The number of Topliss-reactive ketones (excluding diaryl/α,β-unsaturated/α-hetero) is 1. The lowest BCUT2D eigenvalue weighted by Gasteiger charge is -2.34.